The molecule has 16 heavy (non-hydrogen) atoms. The topological polar surface area (TPSA) is 107 Å². The summed E-state index contributed by atoms with van der Waals surface area (Å²) in [4.78, 5) is 16.8. The van der Waals surface area contributed by atoms with Gasteiger partial charge in [0.1, 0.15) is 0 Å². The van der Waals surface area contributed by atoms with E-state index < -0.39 is 7.82 Å². The molecule has 7 heteroatoms. The molecule has 1 aromatic rings. The van der Waals surface area contributed by atoms with Crippen molar-refractivity contribution < 1.29 is 29.1 Å². The lowest BCUT2D eigenvalue weighted by Crippen LogP contribution is -1.95. The number of aryl methyl sites for hydroxylation is 1. The third-order valence-corrected chi connectivity index (χ3v) is 2.43. The molecule has 0 unspecified atom stereocenters. The van der Waals surface area contributed by atoms with Gasteiger partial charge in [-0.2, -0.15) is 0 Å². The molecule has 1 aromatic carbocycles. The lowest BCUT2D eigenvalue weighted by molar-refractivity contribution is 0.195. The first-order valence-corrected chi connectivity index (χ1v) is 6.12. The normalized spacial score (nSPS) is 11.6. The van der Waals surface area contributed by atoms with Gasteiger partial charge in [0.05, 0.1) is 6.61 Å². The van der Waals surface area contributed by atoms with Crippen molar-refractivity contribution in [3.8, 4) is 11.5 Å². The largest absolute Gasteiger partial charge is 0.504 e. The molecular formula is C9H13O6P. The number of phenols is 2. The van der Waals surface area contributed by atoms with Crippen molar-refractivity contribution in [2.24, 2.45) is 0 Å². The van der Waals surface area contributed by atoms with Crippen LogP contribution in [0.2, 0.25) is 0 Å². The fourth-order valence-electron chi connectivity index (χ4n) is 1.18. The van der Waals surface area contributed by atoms with Gasteiger partial charge in [-0.1, -0.05) is 6.07 Å². The Balaban J connectivity index is 2.38. The van der Waals surface area contributed by atoms with Gasteiger partial charge in [-0.25, -0.2) is 4.57 Å². The highest BCUT2D eigenvalue weighted by atomic mass is 31.2. The average Bonchev–Trinajstić information content (AvgIpc) is 2.17. The summed E-state index contributed by atoms with van der Waals surface area (Å²) in [7, 11) is -4.39. The van der Waals surface area contributed by atoms with E-state index in [2.05, 4.69) is 4.52 Å². The third-order valence-electron chi connectivity index (χ3n) is 1.91. The van der Waals surface area contributed by atoms with E-state index in [1.165, 1.54) is 12.1 Å². The highest BCUT2D eigenvalue weighted by molar-refractivity contribution is 7.46. The van der Waals surface area contributed by atoms with Crippen molar-refractivity contribution in [1.82, 2.24) is 0 Å². The van der Waals surface area contributed by atoms with Gasteiger partial charge in [0.15, 0.2) is 11.5 Å². The van der Waals surface area contributed by atoms with E-state index in [-0.39, 0.29) is 18.1 Å². The predicted molar refractivity (Wildman–Crippen MR) is 56.1 cm³/mol. The minimum atomic E-state index is -4.39. The fourth-order valence-corrected chi connectivity index (χ4v) is 1.55. The summed E-state index contributed by atoms with van der Waals surface area (Å²) in [6.45, 7) is -0.0636. The molecule has 0 saturated carbocycles. The Morgan fingerprint density at radius 1 is 1.19 bits per heavy atom. The predicted octanol–water partition coefficient (Wildman–Crippen LogP) is 1.14. The molecule has 0 spiro atoms. The van der Waals surface area contributed by atoms with E-state index in [9.17, 15) is 9.67 Å². The fraction of sp³-hybridized carbons (Fsp3) is 0.333. The van der Waals surface area contributed by atoms with Crippen molar-refractivity contribution >= 4 is 7.82 Å². The molecule has 0 aliphatic carbocycles. The number of phosphoric ester groups is 1. The number of benzene rings is 1. The molecule has 0 atom stereocenters. The maximum atomic E-state index is 10.3. The molecule has 0 saturated heterocycles. The zero-order valence-electron chi connectivity index (χ0n) is 8.41. The highest BCUT2D eigenvalue weighted by Crippen LogP contribution is 2.35. The molecule has 0 radical (unpaired) electrons. The molecule has 6 nitrogen and oxygen atoms in total. The molecular weight excluding hydrogens is 235 g/mol. The Labute approximate surface area is 92.4 Å². The second kappa shape index (κ2) is 5.32. The van der Waals surface area contributed by atoms with E-state index >= 15 is 0 Å². The van der Waals surface area contributed by atoms with E-state index in [0.29, 0.717) is 12.8 Å². The summed E-state index contributed by atoms with van der Waals surface area (Å²) in [5.41, 5.74) is 0.754. The van der Waals surface area contributed by atoms with E-state index in [1.54, 1.807) is 6.07 Å². The average molecular weight is 248 g/mol. The first-order valence-electron chi connectivity index (χ1n) is 4.59. The van der Waals surface area contributed by atoms with Gasteiger partial charge in [-0.15, -0.1) is 0 Å². The zero-order chi connectivity index (χ0) is 12.2. The van der Waals surface area contributed by atoms with Crippen LogP contribution in [0.1, 0.15) is 12.0 Å². The number of rotatable bonds is 5. The third kappa shape index (κ3) is 4.63. The Morgan fingerprint density at radius 2 is 1.88 bits per heavy atom. The molecule has 0 fully saturated rings. The maximum Gasteiger partial charge on any atom is 0.469 e. The van der Waals surface area contributed by atoms with Crippen LogP contribution in [0.3, 0.4) is 0 Å². The number of aromatic hydroxyl groups is 2. The van der Waals surface area contributed by atoms with Crippen LogP contribution in [0.4, 0.5) is 0 Å². The molecule has 0 aliphatic heterocycles. The number of phenolic OH excluding ortho intramolecular Hbond substituents is 2. The zero-order valence-corrected chi connectivity index (χ0v) is 9.30. The lowest BCUT2D eigenvalue weighted by Gasteiger charge is -2.05. The number of hydrogen-bond acceptors (Lipinski definition) is 4. The van der Waals surface area contributed by atoms with Crippen molar-refractivity contribution in [2.45, 2.75) is 12.8 Å². The van der Waals surface area contributed by atoms with Crippen LogP contribution in [-0.4, -0.2) is 26.6 Å². The molecule has 0 heterocycles. The van der Waals surface area contributed by atoms with Gasteiger partial charge in [-0.3, -0.25) is 4.52 Å². The van der Waals surface area contributed by atoms with Crippen molar-refractivity contribution in [3.05, 3.63) is 23.8 Å². The summed E-state index contributed by atoms with van der Waals surface area (Å²) >= 11 is 0. The summed E-state index contributed by atoms with van der Waals surface area (Å²) in [5, 5.41) is 18.2. The second-order valence-corrected chi connectivity index (χ2v) is 4.49. The Hall–Kier alpha value is -1.07. The summed E-state index contributed by atoms with van der Waals surface area (Å²) < 4.78 is 14.6. The van der Waals surface area contributed by atoms with Gasteiger partial charge in [0, 0.05) is 0 Å². The van der Waals surface area contributed by atoms with Crippen LogP contribution in [0.5, 0.6) is 11.5 Å². The highest BCUT2D eigenvalue weighted by Gasteiger charge is 2.12. The second-order valence-electron chi connectivity index (χ2n) is 3.25. The van der Waals surface area contributed by atoms with Gasteiger partial charge < -0.3 is 20.0 Å². The van der Waals surface area contributed by atoms with Crippen molar-refractivity contribution in [2.75, 3.05) is 6.61 Å². The minimum Gasteiger partial charge on any atom is -0.504 e. The SMILES string of the molecule is O=P(O)(O)OCCCc1ccc(O)c(O)c1. The van der Waals surface area contributed by atoms with Crippen LogP contribution in [0.25, 0.3) is 0 Å². The number of hydrogen-bond donors (Lipinski definition) is 4. The summed E-state index contributed by atoms with van der Waals surface area (Å²) in [6, 6.07) is 4.37. The molecule has 0 amide bonds. The van der Waals surface area contributed by atoms with Gasteiger partial charge in [0.25, 0.3) is 0 Å². The molecule has 4 N–H and O–H groups in total. The van der Waals surface area contributed by atoms with Crippen LogP contribution in [-0.2, 0) is 15.5 Å². The standard InChI is InChI=1S/C9H13O6P/c10-8-4-3-7(6-9(8)11)2-1-5-15-16(12,13)14/h3-4,6,10-11H,1-2,5H2,(H2,12,13,14). The molecule has 1 rings (SSSR count). The smallest absolute Gasteiger partial charge is 0.469 e. The lowest BCUT2D eigenvalue weighted by atomic mass is 10.1. The minimum absolute atomic E-state index is 0.0636. The van der Waals surface area contributed by atoms with E-state index in [1.807, 2.05) is 0 Å². The Bertz CT molecular complexity index is 399. The van der Waals surface area contributed by atoms with Crippen LogP contribution < -0.4 is 0 Å². The first kappa shape index (κ1) is 13.0. The van der Waals surface area contributed by atoms with Gasteiger partial charge in [-0.05, 0) is 30.5 Å². The van der Waals surface area contributed by atoms with Crippen molar-refractivity contribution in [1.29, 1.82) is 0 Å². The maximum absolute atomic E-state index is 10.3. The first-order chi connectivity index (χ1) is 7.38. The monoisotopic (exact) mass is 248 g/mol. The summed E-state index contributed by atoms with van der Waals surface area (Å²) in [5.74, 6) is -0.413. The molecule has 0 aromatic heterocycles. The number of phosphoric acid groups is 1. The van der Waals surface area contributed by atoms with Crippen LogP contribution in [0.15, 0.2) is 18.2 Å². The molecule has 0 aliphatic rings. The Kier molecular flexibility index (Phi) is 4.32. The molecule has 0 bridgehead atoms. The summed E-state index contributed by atoms with van der Waals surface area (Å²) in [6.07, 6.45) is 0.906. The molecule has 90 valence electrons. The van der Waals surface area contributed by atoms with Crippen molar-refractivity contribution in [3.63, 3.8) is 0 Å². The Morgan fingerprint density at radius 3 is 2.44 bits per heavy atom. The van der Waals surface area contributed by atoms with E-state index in [4.69, 9.17) is 14.9 Å². The van der Waals surface area contributed by atoms with Crippen LogP contribution in [0, 0.1) is 0 Å². The van der Waals surface area contributed by atoms with Crippen LogP contribution >= 0.6 is 7.82 Å². The van der Waals surface area contributed by atoms with E-state index in [0.717, 1.165) is 5.56 Å². The van der Waals surface area contributed by atoms with Gasteiger partial charge >= 0.3 is 7.82 Å². The van der Waals surface area contributed by atoms with Gasteiger partial charge in [0.2, 0.25) is 0 Å². The quantitative estimate of drug-likeness (QED) is 0.353.